The predicted octanol–water partition coefficient (Wildman–Crippen LogP) is 3.25. The molecule has 0 amide bonds. The van der Waals surface area contributed by atoms with Crippen LogP contribution in [0, 0.1) is 5.92 Å². The van der Waals surface area contributed by atoms with Crippen molar-refractivity contribution in [2.45, 2.75) is 19.8 Å². The van der Waals surface area contributed by atoms with Gasteiger partial charge in [0.25, 0.3) is 0 Å². The predicted molar refractivity (Wildman–Crippen MR) is 72.1 cm³/mol. The lowest BCUT2D eigenvalue weighted by Gasteiger charge is -2.13. The molecular formula is C13H20BrNO. The van der Waals surface area contributed by atoms with E-state index in [0.717, 1.165) is 18.7 Å². The highest BCUT2D eigenvalue weighted by Crippen LogP contribution is 2.25. The molecule has 16 heavy (non-hydrogen) atoms. The van der Waals surface area contributed by atoms with E-state index in [9.17, 15) is 0 Å². The van der Waals surface area contributed by atoms with Crippen molar-refractivity contribution in [2.75, 3.05) is 20.7 Å². The molecule has 1 aromatic rings. The number of methoxy groups -OCH3 is 1. The molecule has 1 N–H and O–H groups in total. The van der Waals surface area contributed by atoms with Crippen molar-refractivity contribution in [3.63, 3.8) is 0 Å². The van der Waals surface area contributed by atoms with Crippen LogP contribution in [0.15, 0.2) is 22.7 Å². The monoisotopic (exact) mass is 285 g/mol. The van der Waals surface area contributed by atoms with E-state index in [0.29, 0.717) is 5.92 Å². The number of rotatable bonds is 6. The fraction of sp³-hybridized carbons (Fsp3) is 0.538. The SMILES string of the molecule is CNCCC(C)Cc1cc(OC)ccc1Br. The van der Waals surface area contributed by atoms with E-state index in [1.54, 1.807) is 7.11 Å². The van der Waals surface area contributed by atoms with Crippen LogP contribution in [0.1, 0.15) is 18.9 Å². The Kier molecular flexibility index (Phi) is 5.85. The van der Waals surface area contributed by atoms with Gasteiger partial charge in [0.05, 0.1) is 7.11 Å². The zero-order chi connectivity index (χ0) is 12.0. The Morgan fingerprint density at radius 2 is 2.19 bits per heavy atom. The molecule has 0 saturated carbocycles. The summed E-state index contributed by atoms with van der Waals surface area (Å²) in [6.07, 6.45) is 2.28. The number of nitrogens with one attached hydrogen (secondary N) is 1. The smallest absolute Gasteiger partial charge is 0.119 e. The van der Waals surface area contributed by atoms with E-state index in [1.807, 2.05) is 13.1 Å². The van der Waals surface area contributed by atoms with Crippen molar-refractivity contribution in [1.29, 1.82) is 0 Å². The average molecular weight is 286 g/mol. The van der Waals surface area contributed by atoms with Gasteiger partial charge < -0.3 is 10.1 Å². The van der Waals surface area contributed by atoms with Gasteiger partial charge >= 0.3 is 0 Å². The maximum atomic E-state index is 5.24. The van der Waals surface area contributed by atoms with Crippen molar-refractivity contribution in [3.8, 4) is 5.75 Å². The molecule has 1 unspecified atom stereocenters. The molecule has 0 radical (unpaired) electrons. The molecular weight excluding hydrogens is 266 g/mol. The summed E-state index contributed by atoms with van der Waals surface area (Å²) < 4.78 is 6.41. The second-order valence-corrected chi connectivity index (χ2v) is 5.01. The van der Waals surface area contributed by atoms with Gasteiger partial charge in [-0.3, -0.25) is 0 Å². The average Bonchev–Trinajstić information content (AvgIpc) is 2.29. The lowest BCUT2D eigenvalue weighted by atomic mass is 9.98. The third kappa shape index (κ3) is 4.14. The van der Waals surface area contributed by atoms with E-state index in [2.05, 4.69) is 40.3 Å². The zero-order valence-electron chi connectivity index (χ0n) is 10.2. The summed E-state index contributed by atoms with van der Waals surface area (Å²) >= 11 is 3.59. The summed E-state index contributed by atoms with van der Waals surface area (Å²) in [5, 5.41) is 3.19. The van der Waals surface area contributed by atoms with Gasteiger partial charge in [0.1, 0.15) is 5.75 Å². The topological polar surface area (TPSA) is 21.3 Å². The molecule has 0 fully saturated rings. The zero-order valence-corrected chi connectivity index (χ0v) is 11.8. The van der Waals surface area contributed by atoms with Crippen LogP contribution < -0.4 is 10.1 Å². The van der Waals surface area contributed by atoms with Crippen molar-refractivity contribution in [2.24, 2.45) is 5.92 Å². The summed E-state index contributed by atoms with van der Waals surface area (Å²) in [6.45, 7) is 3.35. The van der Waals surface area contributed by atoms with Crippen LogP contribution in [0.4, 0.5) is 0 Å². The Bertz CT molecular complexity index is 328. The molecule has 0 heterocycles. The van der Waals surface area contributed by atoms with E-state index >= 15 is 0 Å². The Balaban J connectivity index is 2.64. The molecule has 0 aromatic heterocycles. The Labute approximate surface area is 107 Å². The van der Waals surface area contributed by atoms with Gasteiger partial charge in [-0.15, -0.1) is 0 Å². The van der Waals surface area contributed by atoms with Crippen molar-refractivity contribution in [1.82, 2.24) is 5.32 Å². The van der Waals surface area contributed by atoms with E-state index < -0.39 is 0 Å². The van der Waals surface area contributed by atoms with Gasteiger partial charge in [-0.05, 0) is 56.1 Å². The molecule has 1 rings (SSSR count). The third-order valence-corrected chi connectivity index (χ3v) is 3.48. The minimum Gasteiger partial charge on any atom is -0.497 e. The normalized spacial score (nSPS) is 12.5. The standard InChI is InChI=1S/C13H20BrNO/c1-10(6-7-15-2)8-11-9-12(16-3)4-5-13(11)14/h4-5,9-10,15H,6-8H2,1-3H3. The molecule has 1 atom stereocenters. The van der Waals surface area contributed by atoms with Gasteiger partial charge in [0.2, 0.25) is 0 Å². The van der Waals surface area contributed by atoms with Crippen LogP contribution >= 0.6 is 15.9 Å². The van der Waals surface area contributed by atoms with Crippen LogP contribution in [0.5, 0.6) is 5.75 Å². The maximum Gasteiger partial charge on any atom is 0.119 e. The minimum absolute atomic E-state index is 0.677. The first-order valence-corrected chi connectivity index (χ1v) is 6.43. The maximum absolute atomic E-state index is 5.24. The summed E-state index contributed by atoms with van der Waals surface area (Å²) in [6, 6.07) is 6.14. The highest BCUT2D eigenvalue weighted by molar-refractivity contribution is 9.10. The van der Waals surface area contributed by atoms with Crippen molar-refractivity contribution in [3.05, 3.63) is 28.2 Å². The molecule has 0 aliphatic rings. The van der Waals surface area contributed by atoms with Gasteiger partial charge in [-0.1, -0.05) is 22.9 Å². The van der Waals surface area contributed by atoms with E-state index in [-0.39, 0.29) is 0 Å². The van der Waals surface area contributed by atoms with E-state index in [1.165, 1.54) is 16.5 Å². The van der Waals surface area contributed by atoms with Gasteiger partial charge in [0.15, 0.2) is 0 Å². The first-order valence-electron chi connectivity index (χ1n) is 5.64. The molecule has 0 bridgehead atoms. The van der Waals surface area contributed by atoms with Gasteiger partial charge in [0, 0.05) is 4.47 Å². The van der Waals surface area contributed by atoms with Crippen molar-refractivity contribution >= 4 is 15.9 Å². The third-order valence-electron chi connectivity index (χ3n) is 2.71. The first-order chi connectivity index (χ1) is 7.67. The lowest BCUT2D eigenvalue weighted by molar-refractivity contribution is 0.413. The molecule has 3 heteroatoms. The second kappa shape index (κ2) is 6.92. The molecule has 0 aliphatic carbocycles. The quantitative estimate of drug-likeness (QED) is 0.866. The number of hydrogen-bond donors (Lipinski definition) is 1. The summed E-state index contributed by atoms with van der Waals surface area (Å²) in [4.78, 5) is 0. The largest absolute Gasteiger partial charge is 0.497 e. The molecule has 90 valence electrons. The molecule has 0 spiro atoms. The van der Waals surface area contributed by atoms with Crippen LogP contribution in [0.3, 0.4) is 0 Å². The van der Waals surface area contributed by atoms with Crippen LogP contribution in [0.2, 0.25) is 0 Å². The summed E-state index contributed by atoms with van der Waals surface area (Å²) in [7, 11) is 3.70. The van der Waals surface area contributed by atoms with Crippen molar-refractivity contribution < 1.29 is 4.74 Å². The highest BCUT2D eigenvalue weighted by atomic mass is 79.9. The van der Waals surface area contributed by atoms with Crippen LogP contribution in [-0.2, 0) is 6.42 Å². The number of hydrogen-bond acceptors (Lipinski definition) is 2. The molecule has 0 saturated heterocycles. The lowest BCUT2D eigenvalue weighted by Crippen LogP contribution is -2.13. The number of ether oxygens (including phenoxy) is 1. The second-order valence-electron chi connectivity index (χ2n) is 4.16. The molecule has 0 aliphatic heterocycles. The summed E-state index contributed by atoms with van der Waals surface area (Å²) in [5.74, 6) is 1.61. The Morgan fingerprint density at radius 3 is 2.81 bits per heavy atom. The van der Waals surface area contributed by atoms with Crippen LogP contribution in [0.25, 0.3) is 0 Å². The number of halogens is 1. The first kappa shape index (κ1) is 13.5. The molecule has 2 nitrogen and oxygen atoms in total. The fourth-order valence-electron chi connectivity index (χ4n) is 1.70. The fourth-order valence-corrected chi connectivity index (χ4v) is 2.11. The highest BCUT2D eigenvalue weighted by Gasteiger charge is 2.07. The number of benzene rings is 1. The summed E-state index contributed by atoms with van der Waals surface area (Å²) in [5.41, 5.74) is 1.32. The van der Waals surface area contributed by atoms with Crippen LogP contribution in [-0.4, -0.2) is 20.7 Å². The van der Waals surface area contributed by atoms with Gasteiger partial charge in [-0.25, -0.2) is 0 Å². The Morgan fingerprint density at radius 1 is 1.44 bits per heavy atom. The van der Waals surface area contributed by atoms with Gasteiger partial charge in [-0.2, -0.15) is 0 Å². The van der Waals surface area contributed by atoms with E-state index in [4.69, 9.17) is 4.74 Å². The Hall–Kier alpha value is -0.540. The minimum atomic E-state index is 0.677. The molecule has 1 aromatic carbocycles.